The van der Waals surface area contributed by atoms with E-state index in [-0.39, 0.29) is 0 Å². The molecule has 2 nitrogen and oxygen atoms in total. The van der Waals surface area contributed by atoms with Crippen LogP contribution >= 0.6 is 0 Å². The number of hydrogen-bond acceptors (Lipinski definition) is 2. The van der Waals surface area contributed by atoms with Gasteiger partial charge in [-0.25, -0.2) is 5.01 Å². The summed E-state index contributed by atoms with van der Waals surface area (Å²) in [7, 11) is 2.16. The van der Waals surface area contributed by atoms with Gasteiger partial charge in [-0.05, 0) is 18.4 Å². The quantitative estimate of drug-likeness (QED) is 0.689. The molecule has 0 aliphatic carbocycles. The molecule has 1 atom stereocenters. The lowest BCUT2D eigenvalue weighted by atomic mass is 10.0. The van der Waals surface area contributed by atoms with Crippen LogP contribution in [-0.4, -0.2) is 18.6 Å². The topological polar surface area (TPSA) is 15.3 Å². The van der Waals surface area contributed by atoms with Crippen LogP contribution in [0, 0.1) is 0 Å². The van der Waals surface area contributed by atoms with Crippen molar-refractivity contribution in [1.82, 2.24) is 10.4 Å². The zero-order valence-electron chi connectivity index (χ0n) is 11.4. The monoisotopic (exact) mass is 234 g/mol. The maximum Gasteiger partial charge on any atom is 0.0489 e. The molecule has 1 N–H and O–H groups in total. The molecule has 0 radical (unpaired) electrons. The van der Waals surface area contributed by atoms with Crippen molar-refractivity contribution in [2.45, 2.75) is 45.6 Å². The minimum Gasteiger partial charge on any atom is -0.255 e. The third kappa shape index (κ3) is 4.88. The number of benzene rings is 1. The molecule has 0 aromatic heterocycles. The Bertz CT molecular complexity index is 284. The summed E-state index contributed by atoms with van der Waals surface area (Å²) >= 11 is 0. The van der Waals surface area contributed by atoms with Gasteiger partial charge in [-0.3, -0.25) is 5.43 Å². The highest BCUT2D eigenvalue weighted by molar-refractivity contribution is 5.18. The molecule has 96 valence electrons. The van der Waals surface area contributed by atoms with Gasteiger partial charge >= 0.3 is 0 Å². The van der Waals surface area contributed by atoms with E-state index >= 15 is 0 Å². The second kappa shape index (κ2) is 8.26. The number of nitrogens with zero attached hydrogens (tertiary/aromatic N) is 1. The maximum absolute atomic E-state index is 3.47. The van der Waals surface area contributed by atoms with Crippen LogP contribution in [0.1, 0.15) is 51.1 Å². The van der Waals surface area contributed by atoms with Crippen molar-refractivity contribution >= 4 is 0 Å². The van der Waals surface area contributed by atoms with Crippen molar-refractivity contribution in [3.8, 4) is 0 Å². The van der Waals surface area contributed by atoms with Crippen molar-refractivity contribution in [1.29, 1.82) is 0 Å². The number of hydrazine groups is 1. The zero-order valence-corrected chi connectivity index (χ0v) is 11.4. The smallest absolute Gasteiger partial charge is 0.0489 e. The largest absolute Gasteiger partial charge is 0.255 e. The van der Waals surface area contributed by atoms with Crippen LogP contribution in [0.5, 0.6) is 0 Å². The van der Waals surface area contributed by atoms with E-state index < -0.39 is 0 Å². The van der Waals surface area contributed by atoms with Gasteiger partial charge in [-0.1, -0.05) is 57.0 Å². The van der Waals surface area contributed by atoms with E-state index in [9.17, 15) is 0 Å². The highest BCUT2D eigenvalue weighted by Gasteiger charge is 2.15. The van der Waals surface area contributed by atoms with E-state index in [0.717, 1.165) is 6.54 Å². The molecule has 1 rings (SSSR count). The Morgan fingerprint density at radius 1 is 1.12 bits per heavy atom. The molecule has 0 fully saturated rings. The lowest BCUT2D eigenvalue weighted by Gasteiger charge is -2.29. The summed E-state index contributed by atoms with van der Waals surface area (Å²) in [4.78, 5) is 0. The number of rotatable bonds is 8. The molecular formula is C15H26N2. The Hall–Kier alpha value is -0.860. The first kappa shape index (κ1) is 14.2. The summed E-state index contributed by atoms with van der Waals surface area (Å²) in [6.07, 6.45) is 4.91. The predicted molar refractivity (Wildman–Crippen MR) is 74.8 cm³/mol. The van der Waals surface area contributed by atoms with Crippen LogP contribution in [0.3, 0.4) is 0 Å². The molecule has 0 unspecified atom stereocenters. The summed E-state index contributed by atoms with van der Waals surface area (Å²) < 4.78 is 0. The molecule has 0 saturated carbocycles. The summed E-state index contributed by atoms with van der Waals surface area (Å²) in [6, 6.07) is 11.3. The molecule has 0 spiro atoms. The van der Waals surface area contributed by atoms with E-state index in [1.54, 1.807) is 0 Å². The first-order valence-corrected chi connectivity index (χ1v) is 6.80. The van der Waals surface area contributed by atoms with Crippen LogP contribution in [0.25, 0.3) is 0 Å². The Morgan fingerprint density at radius 3 is 2.41 bits per heavy atom. The summed E-state index contributed by atoms with van der Waals surface area (Å²) in [5.41, 5.74) is 4.88. The van der Waals surface area contributed by atoms with Crippen molar-refractivity contribution in [3.05, 3.63) is 35.9 Å². The molecule has 0 aliphatic rings. The van der Waals surface area contributed by atoms with Crippen molar-refractivity contribution in [2.24, 2.45) is 0 Å². The van der Waals surface area contributed by atoms with E-state index in [4.69, 9.17) is 0 Å². The van der Waals surface area contributed by atoms with Crippen LogP contribution in [0.2, 0.25) is 0 Å². The Balaban J connectivity index is 2.66. The Labute approximate surface area is 106 Å². The third-order valence-corrected chi connectivity index (χ3v) is 3.09. The van der Waals surface area contributed by atoms with Crippen molar-refractivity contribution < 1.29 is 0 Å². The first-order chi connectivity index (χ1) is 8.29. The molecule has 0 saturated heterocycles. The summed E-state index contributed by atoms with van der Waals surface area (Å²) in [5, 5.41) is 2.27. The third-order valence-electron chi connectivity index (χ3n) is 3.09. The molecule has 0 aliphatic heterocycles. The van der Waals surface area contributed by atoms with Gasteiger partial charge in [0.05, 0.1) is 0 Å². The highest BCUT2D eigenvalue weighted by atomic mass is 15.5. The molecular weight excluding hydrogens is 208 g/mol. The van der Waals surface area contributed by atoms with Crippen LogP contribution < -0.4 is 5.43 Å². The fourth-order valence-electron chi connectivity index (χ4n) is 2.05. The van der Waals surface area contributed by atoms with Crippen LogP contribution in [0.4, 0.5) is 0 Å². The molecule has 1 aromatic rings. The number of hydrogen-bond donors (Lipinski definition) is 1. The second-order valence-corrected chi connectivity index (χ2v) is 4.59. The average Bonchev–Trinajstić information content (AvgIpc) is 2.38. The maximum atomic E-state index is 3.47. The lowest BCUT2D eigenvalue weighted by Crippen LogP contribution is -2.38. The molecule has 0 bridgehead atoms. The molecule has 1 aromatic carbocycles. The predicted octanol–water partition coefficient (Wildman–Crippen LogP) is 3.76. The van der Waals surface area contributed by atoms with Crippen LogP contribution in [0.15, 0.2) is 30.3 Å². The van der Waals surface area contributed by atoms with E-state index in [2.05, 4.69) is 61.7 Å². The van der Waals surface area contributed by atoms with Crippen molar-refractivity contribution in [3.63, 3.8) is 0 Å². The number of nitrogens with one attached hydrogen (secondary N) is 1. The summed E-state index contributed by atoms with van der Waals surface area (Å²) in [6.45, 7) is 5.50. The molecule has 0 heterocycles. The first-order valence-electron chi connectivity index (χ1n) is 6.80. The van der Waals surface area contributed by atoms with Gasteiger partial charge < -0.3 is 0 Å². The van der Waals surface area contributed by atoms with Gasteiger partial charge in [0.1, 0.15) is 0 Å². The van der Waals surface area contributed by atoms with Crippen molar-refractivity contribution in [2.75, 3.05) is 13.6 Å². The molecule has 0 amide bonds. The van der Waals surface area contributed by atoms with E-state index in [0.29, 0.717) is 6.04 Å². The normalized spacial score (nSPS) is 12.9. The van der Waals surface area contributed by atoms with E-state index in [1.165, 1.54) is 31.2 Å². The van der Waals surface area contributed by atoms with Crippen LogP contribution in [-0.2, 0) is 0 Å². The van der Waals surface area contributed by atoms with Gasteiger partial charge in [0.15, 0.2) is 0 Å². The minimum absolute atomic E-state index is 0.489. The van der Waals surface area contributed by atoms with Gasteiger partial charge in [-0.2, -0.15) is 0 Å². The fourth-order valence-corrected chi connectivity index (χ4v) is 2.05. The fraction of sp³-hybridized carbons (Fsp3) is 0.600. The summed E-state index contributed by atoms with van der Waals surface area (Å²) in [5.74, 6) is 0. The molecule has 17 heavy (non-hydrogen) atoms. The number of unbranched alkanes of at least 4 members (excludes halogenated alkanes) is 1. The Kier molecular flexibility index (Phi) is 6.90. The SMILES string of the molecule is CCCC[C@@H](c1ccccc1)N(C)NCCC. The Morgan fingerprint density at radius 2 is 1.82 bits per heavy atom. The minimum atomic E-state index is 0.489. The van der Waals surface area contributed by atoms with E-state index in [1.807, 2.05) is 0 Å². The lowest BCUT2D eigenvalue weighted by molar-refractivity contribution is 0.153. The van der Waals surface area contributed by atoms with Gasteiger partial charge in [0, 0.05) is 19.6 Å². The van der Waals surface area contributed by atoms with Gasteiger partial charge in [0.25, 0.3) is 0 Å². The van der Waals surface area contributed by atoms with Gasteiger partial charge in [0.2, 0.25) is 0 Å². The highest BCUT2D eigenvalue weighted by Crippen LogP contribution is 2.23. The standard InChI is InChI=1S/C15H26N2/c1-4-6-12-15(17(3)16-13-5-2)14-10-8-7-9-11-14/h7-11,15-16H,4-6,12-13H2,1-3H3/t15-/m0/s1. The molecule has 2 heteroatoms. The second-order valence-electron chi connectivity index (χ2n) is 4.59. The zero-order chi connectivity index (χ0) is 12.5. The average molecular weight is 234 g/mol. The van der Waals surface area contributed by atoms with Gasteiger partial charge in [-0.15, -0.1) is 0 Å².